The van der Waals surface area contributed by atoms with Crippen LogP contribution in [-0.4, -0.2) is 34.8 Å². The molecule has 2 heterocycles. The SMILES string of the molecule is CC(C)C(=O)N[C@@H]1CCc2c(c3cc(B4OC(C)(C)C(C)(C)O4)ccc3n2Cc2cccc(F)c2)C1. The third-order valence-electron chi connectivity index (χ3n) is 8.12. The van der Waals surface area contributed by atoms with Crippen LogP contribution in [0.3, 0.4) is 0 Å². The first-order valence-corrected chi connectivity index (χ1v) is 13.0. The average molecular weight is 490 g/mol. The number of benzene rings is 2. The molecule has 0 saturated carbocycles. The maximum Gasteiger partial charge on any atom is 0.494 e. The zero-order valence-corrected chi connectivity index (χ0v) is 22.2. The third-order valence-corrected chi connectivity index (χ3v) is 8.12. The van der Waals surface area contributed by atoms with Crippen LogP contribution in [0.15, 0.2) is 42.5 Å². The molecule has 2 aromatic carbocycles. The van der Waals surface area contributed by atoms with Gasteiger partial charge in [-0.05, 0) is 81.7 Å². The van der Waals surface area contributed by atoms with Crippen LogP contribution in [0.25, 0.3) is 10.9 Å². The standard InChI is InChI=1S/C29H36BFN2O3/c1-18(2)27(34)32-22-11-13-26-24(16-22)23-15-20(30-35-28(3,4)29(5,6)36-30)10-12-25(23)33(26)17-19-8-7-9-21(31)14-19/h7-10,12,14-15,18,22H,11,13,16-17H2,1-6H3,(H,32,34)/t22-/m1/s1. The zero-order chi connectivity index (χ0) is 25.8. The van der Waals surface area contributed by atoms with E-state index in [0.717, 1.165) is 41.2 Å². The smallest absolute Gasteiger partial charge is 0.399 e. The molecule has 0 bridgehead atoms. The van der Waals surface area contributed by atoms with Crippen molar-refractivity contribution in [2.75, 3.05) is 0 Å². The Kier molecular flexibility index (Phi) is 6.28. The van der Waals surface area contributed by atoms with Crippen LogP contribution in [0.2, 0.25) is 0 Å². The maximum atomic E-state index is 14.0. The van der Waals surface area contributed by atoms with Crippen LogP contribution in [0.5, 0.6) is 0 Å². The lowest BCUT2D eigenvalue weighted by Crippen LogP contribution is -2.41. The van der Waals surface area contributed by atoms with Gasteiger partial charge in [0, 0.05) is 35.1 Å². The molecule has 0 unspecified atom stereocenters. The number of amides is 1. The minimum Gasteiger partial charge on any atom is -0.399 e. The summed E-state index contributed by atoms with van der Waals surface area (Å²) in [6, 6.07) is 13.3. The minimum absolute atomic E-state index is 0.0457. The Morgan fingerprint density at radius 3 is 2.53 bits per heavy atom. The molecule has 1 aromatic heterocycles. The highest BCUT2D eigenvalue weighted by atomic mass is 19.1. The van der Waals surface area contributed by atoms with Gasteiger partial charge in [0.05, 0.1) is 11.2 Å². The second kappa shape index (κ2) is 9.03. The first-order valence-electron chi connectivity index (χ1n) is 13.0. The highest BCUT2D eigenvalue weighted by Gasteiger charge is 2.51. The van der Waals surface area contributed by atoms with E-state index in [4.69, 9.17) is 9.31 Å². The molecule has 36 heavy (non-hydrogen) atoms. The van der Waals surface area contributed by atoms with E-state index in [9.17, 15) is 9.18 Å². The number of rotatable bonds is 5. The van der Waals surface area contributed by atoms with Gasteiger partial charge in [-0.1, -0.05) is 38.1 Å². The normalized spacial score (nSPS) is 20.7. The lowest BCUT2D eigenvalue weighted by molar-refractivity contribution is -0.124. The molecule has 5 rings (SSSR count). The Bertz CT molecular complexity index is 1300. The van der Waals surface area contributed by atoms with Crippen molar-refractivity contribution in [3.05, 3.63) is 65.1 Å². The Morgan fingerprint density at radius 1 is 1.14 bits per heavy atom. The van der Waals surface area contributed by atoms with Crippen molar-refractivity contribution in [2.45, 2.75) is 84.6 Å². The monoisotopic (exact) mass is 490 g/mol. The quantitative estimate of drug-likeness (QED) is 0.525. The summed E-state index contributed by atoms with van der Waals surface area (Å²) in [5, 5.41) is 4.38. The number of halogens is 1. The molecule has 1 saturated heterocycles. The number of fused-ring (bicyclic) bond motifs is 3. The van der Waals surface area contributed by atoms with E-state index in [-0.39, 0.29) is 23.7 Å². The van der Waals surface area contributed by atoms with Gasteiger partial charge in [0.25, 0.3) is 0 Å². The van der Waals surface area contributed by atoms with Gasteiger partial charge in [0.1, 0.15) is 5.82 Å². The molecule has 7 heteroatoms. The highest BCUT2D eigenvalue weighted by Crippen LogP contribution is 2.38. The number of carbonyl (C=O) groups is 1. The fourth-order valence-electron chi connectivity index (χ4n) is 5.28. The molecule has 190 valence electrons. The van der Waals surface area contributed by atoms with Gasteiger partial charge in [-0.25, -0.2) is 4.39 Å². The fourth-order valence-corrected chi connectivity index (χ4v) is 5.28. The van der Waals surface area contributed by atoms with E-state index in [1.807, 2.05) is 19.9 Å². The van der Waals surface area contributed by atoms with Gasteiger partial charge < -0.3 is 19.2 Å². The van der Waals surface area contributed by atoms with Gasteiger partial charge in [-0.2, -0.15) is 0 Å². The second-order valence-corrected chi connectivity index (χ2v) is 11.6. The van der Waals surface area contributed by atoms with Gasteiger partial charge >= 0.3 is 7.12 Å². The molecular weight excluding hydrogens is 454 g/mol. The molecule has 1 N–H and O–H groups in total. The van der Waals surface area contributed by atoms with Crippen molar-refractivity contribution in [3.63, 3.8) is 0 Å². The Labute approximate surface area is 213 Å². The van der Waals surface area contributed by atoms with E-state index >= 15 is 0 Å². The molecule has 1 aliphatic carbocycles. The molecule has 1 aliphatic heterocycles. The number of hydrogen-bond acceptors (Lipinski definition) is 3. The molecule has 1 amide bonds. The molecule has 1 atom stereocenters. The summed E-state index contributed by atoms with van der Waals surface area (Å²) >= 11 is 0. The van der Waals surface area contributed by atoms with Crippen molar-refractivity contribution < 1.29 is 18.5 Å². The maximum absolute atomic E-state index is 14.0. The molecule has 0 spiro atoms. The first-order chi connectivity index (χ1) is 16.9. The van der Waals surface area contributed by atoms with Crippen LogP contribution in [0.4, 0.5) is 4.39 Å². The summed E-state index contributed by atoms with van der Waals surface area (Å²) in [5.74, 6) is -0.183. The predicted molar refractivity (Wildman–Crippen MR) is 142 cm³/mol. The number of hydrogen-bond donors (Lipinski definition) is 1. The van der Waals surface area contributed by atoms with Crippen molar-refractivity contribution >= 4 is 29.4 Å². The molecular formula is C29H36BFN2O3. The van der Waals surface area contributed by atoms with Crippen molar-refractivity contribution in [2.24, 2.45) is 5.92 Å². The Balaban J connectivity index is 1.56. The van der Waals surface area contributed by atoms with Gasteiger partial charge in [-0.15, -0.1) is 0 Å². The van der Waals surface area contributed by atoms with E-state index in [1.54, 1.807) is 12.1 Å². The predicted octanol–water partition coefficient (Wildman–Crippen LogP) is 4.76. The van der Waals surface area contributed by atoms with E-state index in [0.29, 0.717) is 6.54 Å². The molecule has 0 radical (unpaired) electrons. The van der Waals surface area contributed by atoms with E-state index < -0.39 is 18.3 Å². The van der Waals surface area contributed by atoms with Gasteiger partial charge in [0.15, 0.2) is 0 Å². The number of aromatic nitrogens is 1. The Hall–Kier alpha value is -2.64. The minimum atomic E-state index is -0.443. The van der Waals surface area contributed by atoms with Crippen LogP contribution in [-0.2, 0) is 33.5 Å². The van der Waals surface area contributed by atoms with Crippen LogP contribution >= 0.6 is 0 Å². The summed E-state index contributed by atoms with van der Waals surface area (Å²) in [6.45, 7) is 12.7. The average Bonchev–Trinajstić information content (AvgIpc) is 3.22. The van der Waals surface area contributed by atoms with Crippen molar-refractivity contribution in [3.8, 4) is 0 Å². The molecule has 2 aliphatic rings. The second-order valence-electron chi connectivity index (χ2n) is 11.6. The third kappa shape index (κ3) is 4.48. The number of carbonyl (C=O) groups excluding carboxylic acids is 1. The Morgan fingerprint density at radius 2 is 1.86 bits per heavy atom. The largest absolute Gasteiger partial charge is 0.494 e. The summed E-state index contributed by atoms with van der Waals surface area (Å²) in [6.07, 6.45) is 2.51. The number of nitrogens with one attached hydrogen (secondary N) is 1. The lowest BCUT2D eigenvalue weighted by atomic mass is 9.78. The summed E-state index contributed by atoms with van der Waals surface area (Å²) in [7, 11) is -0.443. The van der Waals surface area contributed by atoms with Gasteiger partial charge in [0.2, 0.25) is 5.91 Å². The highest BCUT2D eigenvalue weighted by molar-refractivity contribution is 6.62. The molecule has 3 aromatic rings. The summed E-state index contributed by atoms with van der Waals surface area (Å²) in [5.41, 5.74) is 4.71. The van der Waals surface area contributed by atoms with E-state index in [2.05, 4.69) is 55.8 Å². The zero-order valence-electron chi connectivity index (χ0n) is 22.2. The summed E-state index contributed by atoms with van der Waals surface area (Å²) < 4.78 is 28.9. The van der Waals surface area contributed by atoms with Crippen LogP contribution in [0.1, 0.15) is 64.8 Å². The van der Waals surface area contributed by atoms with E-state index in [1.165, 1.54) is 17.3 Å². The topological polar surface area (TPSA) is 52.5 Å². The lowest BCUT2D eigenvalue weighted by Gasteiger charge is -2.32. The van der Waals surface area contributed by atoms with Crippen LogP contribution < -0.4 is 10.8 Å². The number of nitrogens with zero attached hydrogens (tertiary/aromatic N) is 1. The van der Waals surface area contributed by atoms with Gasteiger partial charge in [-0.3, -0.25) is 4.79 Å². The van der Waals surface area contributed by atoms with Crippen molar-refractivity contribution in [1.82, 2.24) is 9.88 Å². The molecule has 1 fully saturated rings. The van der Waals surface area contributed by atoms with Crippen LogP contribution in [0, 0.1) is 11.7 Å². The molecule has 5 nitrogen and oxygen atoms in total. The summed E-state index contributed by atoms with van der Waals surface area (Å²) in [4.78, 5) is 12.4. The first kappa shape index (κ1) is 25.0. The van der Waals surface area contributed by atoms with Crippen molar-refractivity contribution in [1.29, 1.82) is 0 Å². The fraction of sp³-hybridized carbons (Fsp3) is 0.483.